The van der Waals surface area contributed by atoms with Gasteiger partial charge in [0.2, 0.25) is 5.82 Å². The van der Waals surface area contributed by atoms with Gasteiger partial charge < -0.3 is 15.2 Å². The lowest BCUT2D eigenvalue weighted by Gasteiger charge is -2.19. The molecule has 0 aliphatic carbocycles. The van der Waals surface area contributed by atoms with E-state index in [0.717, 1.165) is 5.56 Å². The van der Waals surface area contributed by atoms with Crippen LogP contribution in [0.25, 0.3) is 0 Å². The number of anilines is 1. The monoisotopic (exact) mass is 460 g/mol. The van der Waals surface area contributed by atoms with Crippen molar-refractivity contribution < 1.29 is 19.4 Å². The number of aromatic amines is 1. The van der Waals surface area contributed by atoms with Gasteiger partial charge in [0.1, 0.15) is 29.8 Å². The second-order valence-electron chi connectivity index (χ2n) is 8.33. The third-order valence-corrected chi connectivity index (χ3v) is 4.94. The number of carbonyl (C=O) groups is 2. The first-order valence-electron chi connectivity index (χ1n) is 10.6. The SMILES string of the molecule is CN1C(=O)[C@@H](NC(=O)c2n[nH]c(Cc3ccccc3)n2)COc2ccc(C#CC(C)(C)O)nc21. The zero-order chi connectivity index (χ0) is 24.3. The molecule has 1 aliphatic rings. The van der Waals surface area contributed by atoms with Gasteiger partial charge in [-0.1, -0.05) is 36.3 Å². The number of hydrogen-bond donors (Lipinski definition) is 3. The molecule has 3 aromatic rings. The van der Waals surface area contributed by atoms with Crippen molar-refractivity contribution in [2.45, 2.75) is 31.9 Å². The van der Waals surface area contributed by atoms with Gasteiger partial charge in [0.05, 0.1) is 0 Å². The van der Waals surface area contributed by atoms with E-state index >= 15 is 0 Å². The van der Waals surface area contributed by atoms with Crippen LogP contribution < -0.4 is 15.0 Å². The van der Waals surface area contributed by atoms with Gasteiger partial charge in [-0.2, -0.15) is 0 Å². The van der Waals surface area contributed by atoms with Crippen molar-refractivity contribution >= 4 is 17.6 Å². The number of carbonyl (C=O) groups excluding carboxylic acids is 2. The molecule has 3 N–H and O–H groups in total. The maximum absolute atomic E-state index is 13.0. The van der Waals surface area contributed by atoms with Crippen LogP contribution in [0.1, 0.15) is 41.5 Å². The standard InChI is InChI=1S/C24H24N6O4/c1-24(2,33)12-11-16-9-10-18-21(25-16)30(3)23(32)17(14-34-18)26-22(31)20-27-19(28-29-20)13-15-7-5-4-6-8-15/h4-10,17,33H,13-14H2,1-3H3,(H,26,31)(H,27,28,29)/t17-/m0/s1. The molecule has 1 aromatic carbocycles. The maximum Gasteiger partial charge on any atom is 0.291 e. The Morgan fingerprint density at radius 1 is 1.26 bits per heavy atom. The first-order valence-corrected chi connectivity index (χ1v) is 10.6. The highest BCUT2D eigenvalue weighted by Crippen LogP contribution is 2.28. The molecule has 1 aliphatic heterocycles. The average Bonchev–Trinajstić information content (AvgIpc) is 3.24. The molecule has 0 saturated carbocycles. The number of rotatable bonds is 4. The maximum atomic E-state index is 13.0. The summed E-state index contributed by atoms with van der Waals surface area (Å²) in [6.45, 7) is 3.04. The van der Waals surface area contributed by atoms with Gasteiger partial charge in [0, 0.05) is 13.5 Å². The van der Waals surface area contributed by atoms with Crippen LogP contribution in [-0.2, 0) is 11.2 Å². The summed E-state index contributed by atoms with van der Waals surface area (Å²) in [4.78, 5) is 35.6. The van der Waals surface area contributed by atoms with Crippen LogP contribution in [-0.4, -0.2) is 62.4 Å². The molecule has 10 heteroatoms. The van der Waals surface area contributed by atoms with E-state index in [2.05, 4.69) is 37.3 Å². The summed E-state index contributed by atoms with van der Waals surface area (Å²) in [7, 11) is 1.54. The Morgan fingerprint density at radius 2 is 2.03 bits per heavy atom. The Bertz CT molecular complexity index is 1270. The molecular weight excluding hydrogens is 436 g/mol. The van der Waals surface area contributed by atoms with Crippen LogP contribution in [0.4, 0.5) is 5.82 Å². The van der Waals surface area contributed by atoms with Crippen molar-refractivity contribution in [3.8, 4) is 17.6 Å². The van der Waals surface area contributed by atoms with E-state index in [1.54, 1.807) is 33.0 Å². The zero-order valence-corrected chi connectivity index (χ0v) is 19.0. The molecule has 0 saturated heterocycles. The lowest BCUT2D eigenvalue weighted by molar-refractivity contribution is -0.120. The predicted molar refractivity (Wildman–Crippen MR) is 123 cm³/mol. The van der Waals surface area contributed by atoms with Crippen molar-refractivity contribution in [2.75, 3.05) is 18.6 Å². The number of ether oxygens (including phenoxy) is 1. The highest BCUT2D eigenvalue weighted by molar-refractivity contribution is 6.01. The van der Waals surface area contributed by atoms with Gasteiger partial charge in [-0.3, -0.25) is 19.6 Å². The van der Waals surface area contributed by atoms with Crippen molar-refractivity contribution in [3.05, 3.63) is 65.4 Å². The number of fused-ring (bicyclic) bond motifs is 1. The molecule has 10 nitrogen and oxygen atoms in total. The van der Waals surface area contributed by atoms with E-state index in [1.165, 1.54) is 4.90 Å². The molecular formula is C24H24N6O4. The van der Waals surface area contributed by atoms with Crippen LogP contribution in [0.2, 0.25) is 0 Å². The largest absolute Gasteiger partial charge is 0.487 e. The molecule has 0 unspecified atom stereocenters. The Hall–Kier alpha value is -4.23. The van der Waals surface area contributed by atoms with Gasteiger partial charge in [-0.15, -0.1) is 5.10 Å². The summed E-state index contributed by atoms with van der Waals surface area (Å²) in [6.07, 6.45) is 0.495. The number of benzene rings is 1. The molecule has 0 radical (unpaired) electrons. The lowest BCUT2D eigenvalue weighted by atomic mass is 10.1. The van der Waals surface area contributed by atoms with Crippen LogP contribution in [0, 0.1) is 11.8 Å². The van der Waals surface area contributed by atoms with E-state index in [4.69, 9.17) is 4.74 Å². The highest BCUT2D eigenvalue weighted by atomic mass is 16.5. The number of likely N-dealkylation sites (N-methyl/N-ethyl adjacent to an activating group) is 1. The molecule has 3 heterocycles. The van der Waals surface area contributed by atoms with Crippen LogP contribution in [0.3, 0.4) is 0 Å². The second-order valence-corrected chi connectivity index (χ2v) is 8.33. The number of pyridine rings is 1. The molecule has 4 rings (SSSR count). The fourth-order valence-electron chi connectivity index (χ4n) is 3.25. The smallest absolute Gasteiger partial charge is 0.291 e. The number of nitrogens with one attached hydrogen (secondary N) is 2. The third kappa shape index (κ3) is 5.39. The first kappa shape index (κ1) is 22.9. The van der Waals surface area contributed by atoms with Crippen LogP contribution in [0.15, 0.2) is 42.5 Å². The molecule has 2 amide bonds. The Morgan fingerprint density at radius 3 is 2.76 bits per heavy atom. The van der Waals surface area contributed by atoms with E-state index in [-0.39, 0.29) is 18.2 Å². The molecule has 2 aromatic heterocycles. The van der Waals surface area contributed by atoms with Crippen LogP contribution >= 0.6 is 0 Å². The van der Waals surface area contributed by atoms with E-state index in [1.807, 2.05) is 30.3 Å². The first-order chi connectivity index (χ1) is 16.2. The number of nitrogens with zero attached hydrogens (tertiary/aromatic N) is 4. The Kier molecular flexibility index (Phi) is 6.30. The minimum Gasteiger partial charge on any atom is -0.487 e. The second kappa shape index (κ2) is 9.33. The van der Waals surface area contributed by atoms with E-state index < -0.39 is 23.5 Å². The molecule has 34 heavy (non-hydrogen) atoms. The van der Waals surface area contributed by atoms with Crippen molar-refractivity contribution in [1.82, 2.24) is 25.5 Å². The minimum absolute atomic E-state index is 0.0644. The summed E-state index contributed by atoms with van der Waals surface area (Å²) >= 11 is 0. The highest BCUT2D eigenvalue weighted by Gasteiger charge is 2.32. The normalized spacial score (nSPS) is 15.5. The fourth-order valence-corrected chi connectivity index (χ4v) is 3.25. The Balaban J connectivity index is 1.46. The number of aliphatic hydroxyl groups is 1. The lowest BCUT2D eigenvalue weighted by Crippen LogP contribution is -2.49. The molecule has 1 atom stereocenters. The number of aromatic nitrogens is 4. The van der Waals surface area contributed by atoms with Crippen molar-refractivity contribution in [3.63, 3.8) is 0 Å². The number of H-pyrrole nitrogens is 1. The topological polar surface area (TPSA) is 133 Å². The van der Waals surface area contributed by atoms with Gasteiger partial charge in [0.15, 0.2) is 11.6 Å². The molecule has 174 valence electrons. The predicted octanol–water partition coefficient (Wildman–Crippen LogP) is 1.07. The molecule has 0 spiro atoms. The third-order valence-electron chi connectivity index (χ3n) is 4.94. The summed E-state index contributed by atoms with van der Waals surface area (Å²) < 4.78 is 5.74. The summed E-state index contributed by atoms with van der Waals surface area (Å²) in [6, 6.07) is 12.0. The number of amides is 2. The minimum atomic E-state index is -1.18. The summed E-state index contributed by atoms with van der Waals surface area (Å²) in [5, 5.41) is 19.2. The van der Waals surface area contributed by atoms with Gasteiger partial charge in [-0.05, 0) is 37.5 Å². The average molecular weight is 460 g/mol. The zero-order valence-electron chi connectivity index (χ0n) is 19.0. The van der Waals surface area contributed by atoms with Crippen LogP contribution in [0.5, 0.6) is 5.75 Å². The quantitative estimate of drug-likeness (QED) is 0.496. The Labute approximate surface area is 196 Å². The van der Waals surface area contributed by atoms with Crippen molar-refractivity contribution in [1.29, 1.82) is 0 Å². The molecule has 0 fully saturated rings. The molecule has 0 bridgehead atoms. The van der Waals surface area contributed by atoms with Gasteiger partial charge in [0.25, 0.3) is 11.8 Å². The van der Waals surface area contributed by atoms with E-state index in [9.17, 15) is 14.7 Å². The van der Waals surface area contributed by atoms with Gasteiger partial charge in [-0.25, -0.2) is 9.97 Å². The van der Waals surface area contributed by atoms with Crippen molar-refractivity contribution in [2.24, 2.45) is 0 Å². The summed E-state index contributed by atoms with van der Waals surface area (Å²) in [5.74, 6) is 5.58. The van der Waals surface area contributed by atoms with Gasteiger partial charge >= 0.3 is 0 Å². The van der Waals surface area contributed by atoms with E-state index in [0.29, 0.717) is 23.7 Å². The summed E-state index contributed by atoms with van der Waals surface area (Å²) in [5.41, 5.74) is 0.221. The fraction of sp³-hybridized carbons (Fsp3) is 0.292. The number of hydrogen-bond acceptors (Lipinski definition) is 7.